The Kier molecular flexibility index (Phi) is 5.46. The highest BCUT2D eigenvalue weighted by atomic mass is 19.1. The summed E-state index contributed by atoms with van der Waals surface area (Å²) in [4.78, 5) is 27.5. The van der Waals surface area contributed by atoms with Crippen LogP contribution >= 0.6 is 0 Å². The minimum Gasteiger partial charge on any atom is -0.504 e. The summed E-state index contributed by atoms with van der Waals surface area (Å²) in [7, 11) is 1.42. The minimum absolute atomic E-state index is 0.0741. The Hall–Kier alpha value is -4.40. The quantitative estimate of drug-likeness (QED) is 0.427. The lowest BCUT2D eigenvalue weighted by Crippen LogP contribution is -2.33. The second-order valence-corrected chi connectivity index (χ2v) is 6.88. The Labute approximate surface area is 181 Å². The molecule has 0 aliphatic rings. The number of methoxy groups -OCH3 is 1. The van der Waals surface area contributed by atoms with Crippen molar-refractivity contribution in [1.29, 1.82) is 0 Å². The Balaban J connectivity index is 1.74. The van der Waals surface area contributed by atoms with Crippen molar-refractivity contribution in [3.05, 3.63) is 66.1 Å². The van der Waals surface area contributed by atoms with Crippen molar-refractivity contribution in [3.63, 3.8) is 0 Å². The first-order valence-corrected chi connectivity index (χ1v) is 9.50. The van der Waals surface area contributed by atoms with Gasteiger partial charge in [-0.3, -0.25) is 14.6 Å². The fourth-order valence-electron chi connectivity index (χ4n) is 3.35. The molecule has 0 radical (unpaired) electrons. The van der Waals surface area contributed by atoms with Crippen LogP contribution in [0.5, 0.6) is 23.0 Å². The SMILES string of the molecule is COc1cc2nccc(Oc3ccc4c(C(=O)NCC(N)=O)cccc4c3F)c2cc1O. The molecule has 0 aliphatic carbocycles. The molecule has 0 unspecified atom stereocenters. The predicted molar refractivity (Wildman–Crippen MR) is 115 cm³/mol. The second kappa shape index (κ2) is 8.38. The lowest BCUT2D eigenvalue weighted by atomic mass is 10.0. The minimum atomic E-state index is -0.686. The molecule has 8 nitrogen and oxygen atoms in total. The molecule has 0 spiro atoms. The highest BCUT2D eigenvalue weighted by molar-refractivity contribution is 6.08. The van der Waals surface area contributed by atoms with Gasteiger partial charge in [-0.2, -0.15) is 0 Å². The molecule has 4 rings (SSSR count). The molecule has 0 fully saturated rings. The number of nitrogens with one attached hydrogen (secondary N) is 1. The first kappa shape index (κ1) is 20.9. The molecule has 1 aromatic heterocycles. The monoisotopic (exact) mass is 435 g/mol. The van der Waals surface area contributed by atoms with Crippen LogP contribution in [-0.2, 0) is 4.79 Å². The molecule has 1 heterocycles. The Bertz CT molecular complexity index is 1370. The normalized spacial score (nSPS) is 10.8. The topological polar surface area (TPSA) is 124 Å². The molecule has 0 aliphatic heterocycles. The Morgan fingerprint density at radius 1 is 1.06 bits per heavy atom. The third-order valence-electron chi connectivity index (χ3n) is 4.85. The van der Waals surface area contributed by atoms with Gasteiger partial charge in [0.2, 0.25) is 5.91 Å². The van der Waals surface area contributed by atoms with Gasteiger partial charge in [0.1, 0.15) is 5.75 Å². The van der Waals surface area contributed by atoms with Crippen molar-refractivity contribution in [1.82, 2.24) is 10.3 Å². The number of phenolic OH excluding ortho intramolecular Hbond substituents is 1. The van der Waals surface area contributed by atoms with Crippen LogP contribution in [0.25, 0.3) is 21.7 Å². The third-order valence-corrected chi connectivity index (χ3v) is 4.85. The summed E-state index contributed by atoms with van der Waals surface area (Å²) in [6.07, 6.45) is 1.49. The number of hydrogen-bond acceptors (Lipinski definition) is 6. The van der Waals surface area contributed by atoms with E-state index in [9.17, 15) is 14.7 Å². The fourth-order valence-corrected chi connectivity index (χ4v) is 3.35. The first-order valence-electron chi connectivity index (χ1n) is 9.50. The molecular weight excluding hydrogens is 417 g/mol. The third kappa shape index (κ3) is 3.83. The highest BCUT2D eigenvalue weighted by Crippen LogP contribution is 2.38. The molecule has 2 amide bonds. The molecule has 3 aromatic carbocycles. The number of aromatic nitrogens is 1. The van der Waals surface area contributed by atoms with Gasteiger partial charge in [0.15, 0.2) is 23.1 Å². The van der Waals surface area contributed by atoms with Crippen LogP contribution in [0.3, 0.4) is 0 Å². The number of amides is 2. The maximum Gasteiger partial charge on any atom is 0.252 e. The summed E-state index contributed by atoms with van der Waals surface area (Å²) in [5.74, 6) is -1.56. The van der Waals surface area contributed by atoms with E-state index in [4.69, 9.17) is 15.2 Å². The van der Waals surface area contributed by atoms with E-state index < -0.39 is 17.6 Å². The number of primary amides is 1. The number of aromatic hydroxyl groups is 1. The van der Waals surface area contributed by atoms with Crippen LogP contribution in [0.15, 0.2) is 54.7 Å². The van der Waals surface area contributed by atoms with Gasteiger partial charge in [-0.1, -0.05) is 12.1 Å². The molecule has 0 saturated carbocycles. The summed E-state index contributed by atoms with van der Waals surface area (Å²) in [6, 6.07) is 12.0. The lowest BCUT2D eigenvalue weighted by molar-refractivity contribution is -0.117. The van der Waals surface area contributed by atoms with Gasteiger partial charge in [-0.25, -0.2) is 4.39 Å². The summed E-state index contributed by atoms with van der Waals surface area (Å²) >= 11 is 0. The lowest BCUT2D eigenvalue weighted by Gasteiger charge is -2.13. The van der Waals surface area contributed by atoms with E-state index in [1.165, 1.54) is 43.6 Å². The largest absolute Gasteiger partial charge is 0.504 e. The Morgan fingerprint density at radius 3 is 2.62 bits per heavy atom. The molecule has 0 bridgehead atoms. The first-order chi connectivity index (χ1) is 15.4. The van der Waals surface area contributed by atoms with Gasteiger partial charge in [0.05, 0.1) is 19.2 Å². The van der Waals surface area contributed by atoms with Crippen LogP contribution in [0, 0.1) is 5.82 Å². The summed E-state index contributed by atoms with van der Waals surface area (Å²) in [5.41, 5.74) is 5.74. The van der Waals surface area contributed by atoms with Crippen molar-refractivity contribution in [3.8, 4) is 23.0 Å². The predicted octanol–water partition coefficient (Wildman–Crippen LogP) is 3.25. The molecule has 9 heteroatoms. The van der Waals surface area contributed by atoms with Gasteiger partial charge in [-0.05, 0) is 35.7 Å². The number of fused-ring (bicyclic) bond motifs is 2. The fraction of sp³-hybridized carbons (Fsp3) is 0.0870. The van der Waals surface area contributed by atoms with E-state index in [0.29, 0.717) is 16.3 Å². The van der Waals surface area contributed by atoms with Gasteiger partial charge in [-0.15, -0.1) is 0 Å². The zero-order valence-corrected chi connectivity index (χ0v) is 16.9. The number of phenols is 1. The molecule has 32 heavy (non-hydrogen) atoms. The number of carbonyl (C=O) groups excluding carboxylic acids is 2. The van der Waals surface area contributed by atoms with Gasteiger partial charge in [0, 0.05) is 28.6 Å². The average Bonchev–Trinajstić information content (AvgIpc) is 2.79. The number of rotatable bonds is 6. The van der Waals surface area contributed by atoms with E-state index >= 15 is 4.39 Å². The van der Waals surface area contributed by atoms with E-state index in [1.807, 2.05) is 0 Å². The van der Waals surface area contributed by atoms with Crippen LogP contribution < -0.4 is 20.5 Å². The van der Waals surface area contributed by atoms with E-state index in [-0.39, 0.29) is 40.5 Å². The highest BCUT2D eigenvalue weighted by Gasteiger charge is 2.17. The zero-order valence-electron chi connectivity index (χ0n) is 16.9. The Morgan fingerprint density at radius 2 is 1.88 bits per heavy atom. The second-order valence-electron chi connectivity index (χ2n) is 6.88. The number of carbonyl (C=O) groups is 2. The van der Waals surface area contributed by atoms with Crippen LogP contribution in [0.2, 0.25) is 0 Å². The van der Waals surface area contributed by atoms with Crippen molar-refractivity contribution in [2.45, 2.75) is 0 Å². The van der Waals surface area contributed by atoms with Crippen molar-refractivity contribution < 1.29 is 28.6 Å². The van der Waals surface area contributed by atoms with Crippen molar-refractivity contribution in [2.24, 2.45) is 5.73 Å². The molecule has 4 aromatic rings. The van der Waals surface area contributed by atoms with Crippen molar-refractivity contribution in [2.75, 3.05) is 13.7 Å². The number of ether oxygens (including phenoxy) is 2. The van der Waals surface area contributed by atoms with E-state index in [0.717, 1.165) is 0 Å². The smallest absolute Gasteiger partial charge is 0.252 e. The van der Waals surface area contributed by atoms with Gasteiger partial charge in [0.25, 0.3) is 5.91 Å². The summed E-state index contributed by atoms with van der Waals surface area (Å²) < 4.78 is 26.2. The molecular formula is C23H18FN3O5. The summed E-state index contributed by atoms with van der Waals surface area (Å²) in [5, 5.41) is 13.5. The summed E-state index contributed by atoms with van der Waals surface area (Å²) in [6.45, 7) is -0.328. The van der Waals surface area contributed by atoms with Gasteiger partial charge >= 0.3 is 0 Å². The molecule has 0 saturated heterocycles. The number of benzene rings is 3. The molecule has 4 N–H and O–H groups in total. The van der Waals surface area contributed by atoms with Crippen LogP contribution in [0.1, 0.15) is 10.4 Å². The van der Waals surface area contributed by atoms with Gasteiger partial charge < -0.3 is 25.6 Å². The van der Waals surface area contributed by atoms with Crippen LogP contribution in [-0.4, -0.2) is 35.6 Å². The maximum absolute atomic E-state index is 15.3. The maximum atomic E-state index is 15.3. The number of hydrogen-bond donors (Lipinski definition) is 3. The molecule has 0 atom stereocenters. The van der Waals surface area contributed by atoms with E-state index in [2.05, 4.69) is 10.3 Å². The van der Waals surface area contributed by atoms with E-state index in [1.54, 1.807) is 18.2 Å². The number of halogens is 1. The molecule has 162 valence electrons. The number of pyridine rings is 1. The number of nitrogens with two attached hydrogens (primary N) is 1. The average molecular weight is 435 g/mol. The zero-order chi connectivity index (χ0) is 22.8. The van der Waals surface area contributed by atoms with Crippen LogP contribution in [0.4, 0.5) is 4.39 Å². The van der Waals surface area contributed by atoms with Crippen molar-refractivity contribution >= 4 is 33.5 Å². The number of nitrogens with zero attached hydrogens (tertiary/aromatic N) is 1. The standard InChI is InChI=1S/C23H18FN3O5/c1-31-20-10-16-15(9-17(20)28)18(7-8-26-16)32-19-6-5-12-13(22(19)24)3-2-4-14(12)23(30)27-11-21(25)29/h2-10,28H,11H2,1H3,(H2,25,29)(H,27,30).